The lowest BCUT2D eigenvalue weighted by Gasteiger charge is -2.01. The summed E-state index contributed by atoms with van der Waals surface area (Å²) in [6.07, 6.45) is 1.58. The molecule has 2 aromatic rings. The highest BCUT2D eigenvalue weighted by molar-refractivity contribution is 5.80. The average molecular weight is 229 g/mol. The van der Waals surface area contributed by atoms with Crippen molar-refractivity contribution in [3.8, 4) is 5.69 Å². The zero-order chi connectivity index (χ0) is 12.4. The normalized spacial score (nSPS) is 11.2. The Morgan fingerprint density at radius 1 is 1.24 bits per heavy atom. The minimum Gasteiger partial charge on any atom is -0.296 e. The third-order valence-electron chi connectivity index (χ3n) is 2.67. The summed E-state index contributed by atoms with van der Waals surface area (Å²) in [5.41, 5.74) is 3.35. The summed E-state index contributed by atoms with van der Waals surface area (Å²) >= 11 is 0. The van der Waals surface area contributed by atoms with E-state index in [1.807, 2.05) is 38.1 Å². The van der Waals surface area contributed by atoms with Gasteiger partial charge in [-0.25, -0.2) is 4.68 Å². The van der Waals surface area contributed by atoms with E-state index in [4.69, 9.17) is 0 Å². The maximum absolute atomic E-state index is 12.1. The first-order chi connectivity index (χ1) is 8.13. The van der Waals surface area contributed by atoms with E-state index < -0.39 is 0 Å². The smallest absolute Gasteiger partial charge is 0.280 e. The Bertz CT molecular complexity index is 603. The fourth-order valence-electron chi connectivity index (χ4n) is 1.72. The number of aliphatic imine (C=N–C) groups is 1. The van der Waals surface area contributed by atoms with Crippen LogP contribution in [0.4, 0.5) is 0 Å². The highest BCUT2D eigenvalue weighted by Gasteiger charge is 2.09. The van der Waals surface area contributed by atoms with Crippen molar-refractivity contribution in [2.75, 3.05) is 7.05 Å². The maximum Gasteiger partial charge on any atom is 0.280 e. The summed E-state index contributed by atoms with van der Waals surface area (Å²) in [6, 6.07) is 7.79. The van der Waals surface area contributed by atoms with Crippen LogP contribution in [0.1, 0.15) is 16.8 Å². The molecule has 0 fully saturated rings. The quantitative estimate of drug-likeness (QED) is 0.785. The van der Waals surface area contributed by atoms with Gasteiger partial charge in [0.2, 0.25) is 0 Å². The molecule has 0 bridgehead atoms. The Morgan fingerprint density at radius 3 is 2.47 bits per heavy atom. The largest absolute Gasteiger partial charge is 0.296 e. The molecule has 17 heavy (non-hydrogen) atoms. The molecule has 0 spiro atoms. The lowest BCUT2D eigenvalue weighted by atomic mass is 10.2. The zero-order valence-corrected chi connectivity index (χ0v) is 10.2. The lowest BCUT2D eigenvalue weighted by molar-refractivity contribution is 0.835. The van der Waals surface area contributed by atoms with Crippen LogP contribution in [0.15, 0.2) is 34.1 Å². The van der Waals surface area contributed by atoms with Crippen LogP contribution in [0, 0.1) is 13.8 Å². The van der Waals surface area contributed by atoms with Crippen LogP contribution in [-0.4, -0.2) is 23.0 Å². The Labute approximate surface area is 99.6 Å². The third kappa shape index (κ3) is 2.06. The number of nitrogens with one attached hydrogen (secondary N) is 1. The first-order valence-electron chi connectivity index (χ1n) is 5.44. The number of hydrogen-bond acceptors (Lipinski definition) is 2. The topological polar surface area (TPSA) is 50.1 Å². The first-order valence-corrected chi connectivity index (χ1v) is 5.44. The Hall–Kier alpha value is -2.10. The first kappa shape index (κ1) is 11.4. The summed E-state index contributed by atoms with van der Waals surface area (Å²) in [5.74, 6) is 0. The minimum atomic E-state index is -0.0723. The van der Waals surface area contributed by atoms with Gasteiger partial charge in [-0.3, -0.25) is 14.9 Å². The number of hydrogen-bond donors (Lipinski definition) is 1. The molecule has 2 rings (SSSR count). The lowest BCUT2D eigenvalue weighted by Crippen LogP contribution is -2.17. The number of aromatic amines is 1. The summed E-state index contributed by atoms with van der Waals surface area (Å²) in [5, 5.41) is 3.05. The second-order valence-electron chi connectivity index (χ2n) is 4.01. The number of benzene rings is 1. The molecule has 4 nitrogen and oxygen atoms in total. The van der Waals surface area contributed by atoms with Crippen LogP contribution in [0.3, 0.4) is 0 Å². The van der Waals surface area contributed by atoms with Crippen LogP contribution >= 0.6 is 0 Å². The van der Waals surface area contributed by atoms with Gasteiger partial charge in [-0.15, -0.1) is 0 Å². The van der Waals surface area contributed by atoms with Gasteiger partial charge in [-0.1, -0.05) is 17.7 Å². The molecule has 0 radical (unpaired) electrons. The second kappa shape index (κ2) is 4.41. The molecule has 0 saturated heterocycles. The molecule has 0 aliphatic carbocycles. The van der Waals surface area contributed by atoms with E-state index in [0.29, 0.717) is 5.56 Å². The van der Waals surface area contributed by atoms with Crippen molar-refractivity contribution < 1.29 is 0 Å². The molecular formula is C13H15N3O. The second-order valence-corrected chi connectivity index (χ2v) is 4.01. The molecule has 0 unspecified atom stereocenters. The summed E-state index contributed by atoms with van der Waals surface area (Å²) < 4.78 is 1.53. The molecule has 0 aliphatic rings. The van der Waals surface area contributed by atoms with Crippen molar-refractivity contribution in [3.05, 3.63) is 51.4 Å². The molecule has 88 valence electrons. The van der Waals surface area contributed by atoms with Gasteiger partial charge in [-0.2, -0.15) is 0 Å². The van der Waals surface area contributed by atoms with Crippen molar-refractivity contribution >= 4 is 6.21 Å². The van der Waals surface area contributed by atoms with Crippen LogP contribution in [0.5, 0.6) is 0 Å². The number of nitrogens with zero attached hydrogens (tertiary/aromatic N) is 2. The van der Waals surface area contributed by atoms with Gasteiger partial charge in [0, 0.05) is 19.0 Å². The SMILES string of the molecule is CN=Cc1c(C)[nH]n(-c2ccc(C)cc2)c1=O. The Morgan fingerprint density at radius 2 is 1.88 bits per heavy atom. The molecule has 1 aromatic heterocycles. The van der Waals surface area contributed by atoms with Gasteiger partial charge in [0.25, 0.3) is 5.56 Å². The maximum atomic E-state index is 12.1. The van der Waals surface area contributed by atoms with Crippen LogP contribution in [0.2, 0.25) is 0 Å². The summed E-state index contributed by atoms with van der Waals surface area (Å²) in [7, 11) is 1.65. The molecule has 0 amide bonds. The van der Waals surface area contributed by atoms with E-state index in [-0.39, 0.29) is 5.56 Å². The molecular weight excluding hydrogens is 214 g/mol. The van der Waals surface area contributed by atoms with Gasteiger partial charge in [0.1, 0.15) is 0 Å². The van der Waals surface area contributed by atoms with Gasteiger partial charge in [0.05, 0.1) is 11.3 Å². The fourth-order valence-corrected chi connectivity index (χ4v) is 1.72. The number of aromatic nitrogens is 2. The minimum absolute atomic E-state index is 0.0723. The fraction of sp³-hybridized carbons (Fsp3) is 0.231. The van der Waals surface area contributed by atoms with Gasteiger partial charge >= 0.3 is 0 Å². The van der Waals surface area contributed by atoms with Crippen molar-refractivity contribution in [2.24, 2.45) is 4.99 Å². The zero-order valence-electron chi connectivity index (χ0n) is 10.2. The average Bonchev–Trinajstić information content (AvgIpc) is 2.59. The van der Waals surface area contributed by atoms with Crippen LogP contribution < -0.4 is 5.56 Å². The monoisotopic (exact) mass is 229 g/mol. The van der Waals surface area contributed by atoms with E-state index in [9.17, 15) is 4.79 Å². The van der Waals surface area contributed by atoms with E-state index in [1.165, 1.54) is 10.2 Å². The van der Waals surface area contributed by atoms with Gasteiger partial charge in [0.15, 0.2) is 0 Å². The molecule has 1 heterocycles. The van der Waals surface area contributed by atoms with Crippen molar-refractivity contribution in [2.45, 2.75) is 13.8 Å². The predicted octanol–water partition coefficient (Wildman–Crippen LogP) is 1.83. The van der Waals surface area contributed by atoms with E-state index in [2.05, 4.69) is 10.1 Å². The molecule has 0 atom stereocenters. The highest BCUT2D eigenvalue weighted by Crippen LogP contribution is 2.07. The Balaban J connectivity index is 2.57. The number of H-pyrrole nitrogens is 1. The molecule has 0 saturated carbocycles. The van der Waals surface area contributed by atoms with Crippen LogP contribution in [0.25, 0.3) is 5.69 Å². The standard InChI is InChI=1S/C13H15N3O/c1-9-4-6-11(7-5-9)16-13(17)12(8-14-3)10(2)15-16/h4-8,15H,1-3H3. The molecule has 4 heteroatoms. The predicted molar refractivity (Wildman–Crippen MR) is 69.4 cm³/mol. The number of rotatable bonds is 2. The van der Waals surface area contributed by atoms with Gasteiger partial charge < -0.3 is 0 Å². The van der Waals surface area contributed by atoms with Crippen molar-refractivity contribution in [1.82, 2.24) is 9.78 Å². The highest BCUT2D eigenvalue weighted by atomic mass is 16.1. The van der Waals surface area contributed by atoms with Crippen molar-refractivity contribution in [1.29, 1.82) is 0 Å². The Kier molecular flexibility index (Phi) is 2.95. The van der Waals surface area contributed by atoms with E-state index in [0.717, 1.165) is 11.4 Å². The van der Waals surface area contributed by atoms with Gasteiger partial charge in [-0.05, 0) is 26.0 Å². The molecule has 0 aliphatic heterocycles. The summed E-state index contributed by atoms with van der Waals surface area (Å²) in [4.78, 5) is 16.0. The third-order valence-corrected chi connectivity index (χ3v) is 2.67. The van der Waals surface area contributed by atoms with Crippen molar-refractivity contribution in [3.63, 3.8) is 0 Å². The van der Waals surface area contributed by atoms with E-state index in [1.54, 1.807) is 13.3 Å². The van der Waals surface area contributed by atoms with E-state index >= 15 is 0 Å². The number of aryl methyl sites for hydroxylation is 2. The molecule has 1 aromatic carbocycles. The van der Waals surface area contributed by atoms with Crippen LogP contribution in [-0.2, 0) is 0 Å². The summed E-state index contributed by atoms with van der Waals surface area (Å²) in [6.45, 7) is 3.88. The molecule has 1 N–H and O–H groups in total.